The summed E-state index contributed by atoms with van der Waals surface area (Å²) in [5, 5.41) is 6.55. The molecule has 1 atom stereocenters. The molecular weight excluding hydrogens is 331 g/mol. The highest BCUT2D eigenvalue weighted by Gasteiger charge is 2.19. The second kappa shape index (κ2) is 6.71. The maximum atomic E-state index is 13.3. The van der Waals surface area contributed by atoms with E-state index in [4.69, 9.17) is 16.7 Å². The molecule has 0 fully saturated rings. The first-order valence-electron chi connectivity index (χ1n) is 7.12. The number of nitrogens with one attached hydrogen (secondary N) is 2. The Morgan fingerprint density at radius 1 is 1.38 bits per heavy atom. The van der Waals surface area contributed by atoms with Gasteiger partial charge < -0.3 is 14.8 Å². The van der Waals surface area contributed by atoms with Crippen molar-refractivity contribution in [2.24, 2.45) is 0 Å². The van der Waals surface area contributed by atoms with Gasteiger partial charge >= 0.3 is 0 Å². The van der Waals surface area contributed by atoms with Crippen molar-refractivity contribution < 1.29 is 13.7 Å². The van der Waals surface area contributed by atoms with Crippen molar-refractivity contribution >= 4 is 18.1 Å². The van der Waals surface area contributed by atoms with E-state index in [0.717, 1.165) is 0 Å². The van der Waals surface area contributed by atoms with Gasteiger partial charge in [0.2, 0.25) is 11.7 Å². The van der Waals surface area contributed by atoms with Gasteiger partial charge in [-0.05, 0) is 31.2 Å². The van der Waals surface area contributed by atoms with E-state index in [1.807, 2.05) is 0 Å². The van der Waals surface area contributed by atoms with Crippen LogP contribution in [0.3, 0.4) is 0 Å². The van der Waals surface area contributed by atoms with Crippen molar-refractivity contribution in [3.63, 3.8) is 0 Å². The third kappa shape index (κ3) is 3.38. The van der Waals surface area contributed by atoms with Crippen LogP contribution < -0.4 is 5.32 Å². The first kappa shape index (κ1) is 16.0. The van der Waals surface area contributed by atoms with Crippen molar-refractivity contribution in [2.45, 2.75) is 13.0 Å². The Morgan fingerprint density at radius 2 is 2.21 bits per heavy atom. The number of amides is 1. The number of carbonyl (C=O) groups is 1. The van der Waals surface area contributed by atoms with Crippen LogP contribution in [-0.4, -0.2) is 21.0 Å². The first-order valence-corrected chi connectivity index (χ1v) is 7.53. The number of halogens is 1. The summed E-state index contributed by atoms with van der Waals surface area (Å²) in [7, 11) is 0. The molecule has 6 nitrogen and oxygen atoms in total. The molecule has 0 aliphatic heterocycles. The quantitative estimate of drug-likeness (QED) is 0.709. The molecule has 0 aliphatic rings. The van der Waals surface area contributed by atoms with Gasteiger partial charge in [0, 0.05) is 11.8 Å². The van der Waals surface area contributed by atoms with Crippen molar-refractivity contribution in [3.8, 4) is 11.4 Å². The molecule has 0 bridgehead atoms. The Kier molecular flexibility index (Phi) is 4.48. The number of hydrogen-bond donors (Lipinski definition) is 2. The molecule has 2 heterocycles. The van der Waals surface area contributed by atoms with Crippen LogP contribution in [0.2, 0.25) is 0 Å². The second-order valence-corrected chi connectivity index (χ2v) is 5.48. The van der Waals surface area contributed by atoms with E-state index < -0.39 is 11.9 Å². The lowest BCUT2D eigenvalue weighted by Crippen LogP contribution is -2.27. The predicted octanol–water partition coefficient (Wildman–Crippen LogP) is 3.42. The molecule has 0 saturated carbocycles. The average molecular weight is 344 g/mol. The maximum absolute atomic E-state index is 13.3. The van der Waals surface area contributed by atoms with Crippen LogP contribution in [0.1, 0.15) is 29.2 Å². The number of nitrogens with zero attached hydrogens (tertiary/aromatic N) is 2. The van der Waals surface area contributed by atoms with Gasteiger partial charge in [0.05, 0.1) is 5.56 Å². The van der Waals surface area contributed by atoms with Crippen molar-refractivity contribution in [1.29, 1.82) is 0 Å². The van der Waals surface area contributed by atoms with E-state index in [1.54, 1.807) is 37.4 Å². The van der Waals surface area contributed by atoms with Crippen LogP contribution >= 0.6 is 12.2 Å². The Hall–Kier alpha value is -2.87. The fraction of sp³-hybridized carbons (Fsp3) is 0.125. The van der Waals surface area contributed by atoms with Gasteiger partial charge in [-0.25, -0.2) is 4.39 Å². The van der Waals surface area contributed by atoms with Gasteiger partial charge in [0.25, 0.3) is 5.91 Å². The molecule has 24 heavy (non-hydrogen) atoms. The Balaban J connectivity index is 1.77. The highest BCUT2D eigenvalue weighted by Crippen LogP contribution is 2.19. The van der Waals surface area contributed by atoms with Crippen LogP contribution in [0, 0.1) is 10.5 Å². The third-order valence-corrected chi connectivity index (χ3v) is 3.64. The predicted molar refractivity (Wildman–Crippen MR) is 87.2 cm³/mol. The molecule has 0 spiro atoms. The van der Waals surface area contributed by atoms with Crippen molar-refractivity contribution in [2.75, 3.05) is 0 Å². The molecule has 0 aliphatic carbocycles. The van der Waals surface area contributed by atoms with Crippen LogP contribution in [-0.2, 0) is 0 Å². The van der Waals surface area contributed by atoms with E-state index in [9.17, 15) is 9.18 Å². The number of benzene rings is 1. The average Bonchev–Trinajstić information content (AvgIpc) is 3.05. The fourth-order valence-corrected chi connectivity index (χ4v) is 2.32. The molecular formula is C16H13FN4O2S. The molecule has 2 aromatic heterocycles. The van der Waals surface area contributed by atoms with E-state index in [1.165, 1.54) is 12.1 Å². The van der Waals surface area contributed by atoms with Gasteiger partial charge in [0.15, 0.2) is 0 Å². The molecule has 3 aromatic rings. The number of carbonyl (C=O) groups excluding carboxylic acids is 1. The van der Waals surface area contributed by atoms with E-state index >= 15 is 0 Å². The molecule has 2 N–H and O–H groups in total. The fourth-order valence-electron chi connectivity index (χ4n) is 2.09. The molecule has 1 aromatic carbocycles. The Morgan fingerprint density at radius 3 is 2.96 bits per heavy atom. The minimum atomic E-state index is -0.526. The summed E-state index contributed by atoms with van der Waals surface area (Å²) >= 11 is 5.07. The lowest BCUT2D eigenvalue weighted by atomic mass is 10.2. The first-order chi connectivity index (χ1) is 11.5. The number of aromatic nitrogens is 3. The third-order valence-electron chi connectivity index (χ3n) is 3.31. The standard InChI is InChI=1S/C16H13FN4O2S/c1-9(19-14(22)12-6-3-7-18-16(12)24)15-20-13(21-23-15)10-4-2-5-11(17)8-10/h2-9H,1H3,(H,18,24)(H,19,22)/t9-/m1/s1. The number of rotatable bonds is 4. The normalized spacial score (nSPS) is 11.9. The molecule has 8 heteroatoms. The topological polar surface area (TPSA) is 83.8 Å². The smallest absolute Gasteiger partial charge is 0.254 e. The number of H-pyrrole nitrogens is 1. The summed E-state index contributed by atoms with van der Waals surface area (Å²) in [6.07, 6.45) is 1.64. The SMILES string of the molecule is C[C@@H](NC(=O)c1ccc[nH]c1=S)c1nc(-c2cccc(F)c2)no1. The van der Waals surface area contributed by atoms with Gasteiger partial charge in [-0.15, -0.1) is 0 Å². The molecule has 1 amide bonds. The monoisotopic (exact) mass is 344 g/mol. The van der Waals surface area contributed by atoms with E-state index in [-0.39, 0.29) is 17.6 Å². The molecule has 122 valence electrons. The van der Waals surface area contributed by atoms with Gasteiger partial charge in [-0.3, -0.25) is 4.79 Å². The summed E-state index contributed by atoms with van der Waals surface area (Å²) in [5.41, 5.74) is 0.846. The Labute approximate surface area is 141 Å². The number of aromatic amines is 1. The summed E-state index contributed by atoms with van der Waals surface area (Å²) < 4.78 is 18.8. The second-order valence-electron chi connectivity index (χ2n) is 5.07. The summed E-state index contributed by atoms with van der Waals surface area (Å²) in [6.45, 7) is 1.70. The van der Waals surface area contributed by atoms with E-state index in [2.05, 4.69) is 20.4 Å². The largest absolute Gasteiger partial charge is 0.352 e. The van der Waals surface area contributed by atoms with Gasteiger partial charge in [-0.2, -0.15) is 4.98 Å². The zero-order valence-corrected chi connectivity index (χ0v) is 13.4. The zero-order chi connectivity index (χ0) is 17.1. The number of pyridine rings is 1. The lowest BCUT2D eigenvalue weighted by molar-refractivity contribution is 0.0931. The van der Waals surface area contributed by atoms with Crippen LogP contribution in [0.4, 0.5) is 4.39 Å². The highest BCUT2D eigenvalue weighted by atomic mass is 32.1. The van der Waals surface area contributed by atoms with Crippen molar-refractivity contribution in [3.05, 3.63) is 64.5 Å². The van der Waals surface area contributed by atoms with Crippen LogP contribution in [0.15, 0.2) is 47.1 Å². The highest BCUT2D eigenvalue weighted by molar-refractivity contribution is 7.71. The van der Waals surface area contributed by atoms with Crippen molar-refractivity contribution in [1.82, 2.24) is 20.4 Å². The minimum Gasteiger partial charge on any atom is -0.352 e. The molecule has 0 unspecified atom stereocenters. The molecule has 0 radical (unpaired) electrons. The van der Waals surface area contributed by atoms with Crippen LogP contribution in [0.25, 0.3) is 11.4 Å². The minimum absolute atomic E-state index is 0.216. The van der Waals surface area contributed by atoms with Gasteiger partial charge in [-0.1, -0.05) is 29.5 Å². The van der Waals surface area contributed by atoms with Crippen LogP contribution in [0.5, 0.6) is 0 Å². The number of hydrogen-bond acceptors (Lipinski definition) is 5. The summed E-state index contributed by atoms with van der Waals surface area (Å²) in [4.78, 5) is 19.2. The summed E-state index contributed by atoms with van der Waals surface area (Å²) in [6, 6.07) is 8.64. The summed E-state index contributed by atoms with van der Waals surface area (Å²) in [5.74, 6) is -0.274. The molecule has 0 saturated heterocycles. The Bertz CT molecular complexity index is 937. The van der Waals surface area contributed by atoms with E-state index in [0.29, 0.717) is 15.8 Å². The zero-order valence-electron chi connectivity index (χ0n) is 12.6. The molecule has 3 rings (SSSR count). The lowest BCUT2D eigenvalue weighted by Gasteiger charge is -2.09. The maximum Gasteiger partial charge on any atom is 0.254 e. The van der Waals surface area contributed by atoms with Gasteiger partial charge in [0.1, 0.15) is 16.5 Å².